The van der Waals surface area contributed by atoms with Gasteiger partial charge in [0.1, 0.15) is 0 Å². The van der Waals surface area contributed by atoms with Crippen molar-refractivity contribution >= 4 is 25.5 Å². The Bertz CT molecular complexity index is 754. The quantitative estimate of drug-likeness (QED) is 0.852. The van der Waals surface area contributed by atoms with Crippen LogP contribution in [0.5, 0.6) is 0 Å². The molecule has 0 saturated carbocycles. The summed E-state index contributed by atoms with van der Waals surface area (Å²) in [5.41, 5.74) is 1.95. The lowest BCUT2D eigenvalue weighted by molar-refractivity contribution is -0.118. The summed E-state index contributed by atoms with van der Waals surface area (Å²) in [4.78, 5) is 36.0. The van der Waals surface area contributed by atoms with Gasteiger partial charge in [0.15, 0.2) is 5.78 Å². The van der Waals surface area contributed by atoms with Crippen molar-refractivity contribution in [1.29, 1.82) is 0 Å². The van der Waals surface area contributed by atoms with Gasteiger partial charge in [-0.25, -0.2) is 0 Å². The van der Waals surface area contributed by atoms with Crippen LogP contribution in [0.3, 0.4) is 0 Å². The number of carbonyl (C=O) groups excluding carboxylic acids is 3. The number of hydrogen-bond donors (Lipinski definition) is 1. The van der Waals surface area contributed by atoms with Gasteiger partial charge in [-0.2, -0.15) is 0 Å². The zero-order chi connectivity index (χ0) is 18.3. The van der Waals surface area contributed by atoms with Crippen molar-refractivity contribution in [3.63, 3.8) is 0 Å². The van der Waals surface area contributed by atoms with Gasteiger partial charge in [-0.3, -0.25) is 14.4 Å². The van der Waals surface area contributed by atoms with Gasteiger partial charge in [-0.05, 0) is 28.8 Å². The van der Waals surface area contributed by atoms with Crippen molar-refractivity contribution < 1.29 is 14.4 Å². The molecule has 0 radical (unpaired) electrons. The first-order chi connectivity index (χ1) is 10.9. The van der Waals surface area contributed by atoms with E-state index < -0.39 is 8.07 Å². The van der Waals surface area contributed by atoms with Crippen LogP contribution in [0.25, 0.3) is 0 Å². The third-order valence-electron chi connectivity index (χ3n) is 5.10. The molecule has 0 spiro atoms. The SMILES string of the molecule is CC(=O)NC1=CC(=O)c2cc(C[Si](C)(C)C(C)(C)C)ccc2C1=O. The summed E-state index contributed by atoms with van der Waals surface area (Å²) in [7, 11) is -1.53. The second kappa shape index (κ2) is 6.13. The van der Waals surface area contributed by atoms with E-state index >= 15 is 0 Å². The van der Waals surface area contributed by atoms with E-state index in [1.807, 2.05) is 12.1 Å². The number of nitrogens with one attached hydrogen (secondary N) is 1. The minimum atomic E-state index is -1.53. The summed E-state index contributed by atoms with van der Waals surface area (Å²) in [6.07, 6.45) is 1.22. The van der Waals surface area contributed by atoms with Gasteiger partial charge in [0, 0.05) is 24.1 Å². The summed E-state index contributed by atoms with van der Waals surface area (Å²) in [6, 6.07) is 6.44. The van der Waals surface area contributed by atoms with Crippen molar-refractivity contribution in [2.24, 2.45) is 0 Å². The standard InChI is InChI=1S/C19H25NO3Si/c1-12(21)20-16-10-17(22)15-9-13(7-8-14(15)18(16)23)11-24(5,6)19(2,3)4/h7-10H,11H2,1-6H3,(H,20,21). The maximum Gasteiger partial charge on any atom is 0.221 e. The van der Waals surface area contributed by atoms with Gasteiger partial charge in [0.25, 0.3) is 0 Å². The number of ketones is 2. The molecule has 0 fully saturated rings. The Morgan fingerprint density at radius 3 is 2.29 bits per heavy atom. The van der Waals surface area contributed by atoms with E-state index in [9.17, 15) is 14.4 Å². The number of allylic oxidation sites excluding steroid dienone is 2. The molecule has 1 aliphatic rings. The zero-order valence-corrected chi connectivity index (χ0v) is 16.2. The topological polar surface area (TPSA) is 63.2 Å². The highest BCUT2D eigenvalue weighted by Gasteiger charge is 2.35. The van der Waals surface area contributed by atoms with Crippen molar-refractivity contribution in [1.82, 2.24) is 5.32 Å². The van der Waals surface area contributed by atoms with Gasteiger partial charge in [0.05, 0.1) is 13.8 Å². The minimum absolute atomic E-state index is 0.0529. The van der Waals surface area contributed by atoms with Crippen LogP contribution in [0, 0.1) is 0 Å². The van der Waals surface area contributed by atoms with E-state index in [0.29, 0.717) is 11.1 Å². The number of carbonyl (C=O) groups is 3. The molecular weight excluding hydrogens is 318 g/mol. The molecule has 0 heterocycles. The van der Waals surface area contributed by atoms with E-state index in [1.54, 1.807) is 6.07 Å². The van der Waals surface area contributed by atoms with E-state index in [2.05, 4.69) is 39.2 Å². The fraction of sp³-hybridized carbons (Fsp3) is 0.421. The maximum atomic E-state index is 12.4. The number of benzene rings is 1. The molecule has 0 aromatic heterocycles. The van der Waals surface area contributed by atoms with Gasteiger partial charge >= 0.3 is 0 Å². The molecule has 128 valence electrons. The highest BCUT2D eigenvalue weighted by atomic mass is 28.3. The Morgan fingerprint density at radius 2 is 1.75 bits per heavy atom. The Morgan fingerprint density at radius 1 is 1.12 bits per heavy atom. The highest BCUT2D eigenvalue weighted by molar-refractivity contribution is 6.79. The average molecular weight is 343 g/mol. The number of rotatable bonds is 3. The van der Waals surface area contributed by atoms with Gasteiger partial charge < -0.3 is 5.32 Å². The highest BCUT2D eigenvalue weighted by Crippen LogP contribution is 2.38. The largest absolute Gasteiger partial charge is 0.323 e. The molecule has 0 unspecified atom stereocenters. The molecule has 5 heteroatoms. The van der Waals surface area contributed by atoms with Crippen LogP contribution < -0.4 is 5.32 Å². The molecule has 0 bridgehead atoms. The molecule has 4 nitrogen and oxygen atoms in total. The first-order valence-electron chi connectivity index (χ1n) is 8.13. The van der Waals surface area contributed by atoms with Crippen molar-refractivity contribution in [2.75, 3.05) is 0 Å². The third kappa shape index (κ3) is 3.56. The lowest BCUT2D eigenvalue weighted by atomic mass is 9.91. The Kier molecular flexibility index (Phi) is 4.68. The molecule has 0 atom stereocenters. The molecule has 1 aliphatic carbocycles. The number of amides is 1. The molecule has 0 saturated heterocycles. The van der Waals surface area contributed by atoms with Crippen LogP contribution >= 0.6 is 0 Å². The molecule has 1 N–H and O–H groups in total. The van der Waals surface area contributed by atoms with Crippen molar-refractivity contribution in [3.05, 3.63) is 46.7 Å². The first-order valence-corrected chi connectivity index (χ1v) is 11.3. The average Bonchev–Trinajstić information content (AvgIpc) is 2.42. The normalized spacial score (nSPS) is 15.0. The molecule has 1 aromatic carbocycles. The summed E-state index contributed by atoms with van der Waals surface area (Å²) in [5, 5.41) is 2.69. The second-order valence-corrected chi connectivity index (χ2v) is 13.7. The summed E-state index contributed by atoms with van der Waals surface area (Å²) < 4.78 is 0. The lowest BCUT2D eigenvalue weighted by Gasteiger charge is -2.37. The number of fused-ring (bicyclic) bond motifs is 1. The van der Waals surface area contributed by atoms with Crippen LogP contribution in [-0.2, 0) is 10.8 Å². The third-order valence-corrected chi connectivity index (χ3v) is 10.5. The monoisotopic (exact) mass is 343 g/mol. The first kappa shape index (κ1) is 18.3. The predicted octanol–water partition coefficient (Wildman–Crippen LogP) is 3.68. The van der Waals surface area contributed by atoms with Gasteiger partial charge in [-0.1, -0.05) is 39.9 Å². The molecular formula is C19H25NO3Si. The van der Waals surface area contributed by atoms with Gasteiger partial charge in [0.2, 0.25) is 11.7 Å². The summed E-state index contributed by atoms with van der Waals surface area (Å²) in [5.74, 6) is -0.899. The fourth-order valence-corrected chi connectivity index (χ4v) is 4.35. The van der Waals surface area contributed by atoms with Crippen LogP contribution in [0.4, 0.5) is 0 Å². The van der Waals surface area contributed by atoms with E-state index in [4.69, 9.17) is 0 Å². The van der Waals surface area contributed by atoms with Crippen LogP contribution in [0.1, 0.15) is 54.0 Å². The summed E-state index contributed by atoms with van der Waals surface area (Å²) in [6.45, 7) is 12.8. The molecule has 1 aromatic rings. The fourth-order valence-electron chi connectivity index (χ4n) is 2.58. The molecule has 24 heavy (non-hydrogen) atoms. The van der Waals surface area contributed by atoms with Crippen molar-refractivity contribution in [2.45, 2.75) is 51.9 Å². The van der Waals surface area contributed by atoms with Gasteiger partial charge in [-0.15, -0.1) is 0 Å². The Hall–Kier alpha value is -2.01. The lowest BCUT2D eigenvalue weighted by Crippen LogP contribution is -2.40. The molecule has 0 aliphatic heterocycles. The maximum absolute atomic E-state index is 12.4. The predicted molar refractivity (Wildman–Crippen MR) is 97.9 cm³/mol. The molecule has 2 rings (SSSR count). The minimum Gasteiger partial charge on any atom is -0.323 e. The summed E-state index contributed by atoms with van der Waals surface area (Å²) >= 11 is 0. The second-order valence-electron chi connectivity index (χ2n) is 8.12. The smallest absolute Gasteiger partial charge is 0.221 e. The number of Topliss-reactive ketones (excluding diaryl/α,β-unsaturated/α-hetero) is 1. The zero-order valence-electron chi connectivity index (χ0n) is 15.2. The van der Waals surface area contributed by atoms with Crippen molar-refractivity contribution in [3.8, 4) is 0 Å². The Labute approximate surface area is 144 Å². The van der Waals surface area contributed by atoms with Crippen LogP contribution in [0.2, 0.25) is 18.1 Å². The van der Waals surface area contributed by atoms with E-state index in [-0.39, 0.29) is 28.2 Å². The van der Waals surface area contributed by atoms with E-state index in [0.717, 1.165) is 11.6 Å². The van der Waals surface area contributed by atoms with Crippen LogP contribution in [0.15, 0.2) is 30.0 Å². The molecule has 1 amide bonds. The Balaban J connectivity index is 2.36. The number of hydrogen-bond acceptors (Lipinski definition) is 3. The van der Waals surface area contributed by atoms with Crippen LogP contribution in [-0.4, -0.2) is 25.5 Å². The van der Waals surface area contributed by atoms with E-state index in [1.165, 1.54) is 13.0 Å².